The van der Waals surface area contributed by atoms with E-state index in [1.165, 1.54) is 19.1 Å². The van der Waals surface area contributed by atoms with Crippen molar-refractivity contribution in [2.24, 2.45) is 11.3 Å². The highest BCUT2D eigenvalue weighted by atomic mass is 16.6. The lowest BCUT2D eigenvalue weighted by Gasteiger charge is -2.36. The third-order valence-corrected chi connectivity index (χ3v) is 6.55. The molecule has 0 saturated heterocycles. The van der Waals surface area contributed by atoms with Gasteiger partial charge in [-0.25, -0.2) is 4.79 Å². The number of hydrogen-bond donors (Lipinski definition) is 1. The quantitative estimate of drug-likeness (QED) is 0.432. The van der Waals surface area contributed by atoms with Gasteiger partial charge in [-0.1, -0.05) is 59.1 Å². The van der Waals surface area contributed by atoms with Crippen LogP contribution in [0.25, 0.3) is 0 Å². The molecule has 188 valence electrons. The number of nitrogens with one attached hydrogen (secondary N) is 1. The third kappa shape index (κ3) is 9.75. The molecule has 0 unspecified atom stereocenters. The molecule has 6 heteroatoms. The zero-order valence-electron chi connectivity index (χ0n) is 21.9. The van der Waals surface area contributed by atoms with Crippen LogP contribution in [0.15, 0.2) is 24.3 Å². The van der Waals surface area contributed by atoms with Crippen LogP contribution in [0.2, 0.25) is 0 Å². The van der Waals surface area contributed by atoms with Crippen molar-refractivity contribution < 1.29 is 19.1 Å². The van der Waals surface area contributed by atoms with E-state index >= 15 is 0 Å². The first kappa shape index (κ1) is 29.0. The summed E-state index contributed by atoms with van der Waals surface area (Å²) in [6, 6.07) is 7.85. The van der Waals surface area contributed by atoms with Gasteiger partial charge < -0.3 is 19.7 Å². The van der Waals surface area contributed by atoms with Crippen molar-refractivity contribution in [3.8, 4) is 5.75 Å². The van der Waals surface area contributed by atoms with Crippen LogP contribution < -0.4 is 10.1 Å². The summed E-state index contributed by atoms with van der Waals surface area (Å²) in [5.74, 6) is 1.23. The van der Waals surface area contributed by atoms with Crippen molar-refractivity contribution >= 4 is 12.1 Å². The van der Waals surface area contributed by atoms with Gasteiger partial charge in [0.15, 0.2) is 0 Å². The molecule has 33 heavy (non-hydrogen) atoms. The summed E-state index contributed by atoms with van der Waals surface area (Å²) in [6.07, 6.45) is 6.03. The fraction of sp³-hybridized carbons (Fsp3) is 0.704. The van der Waals surface area contributed by atoms with Crippen LogP contribution >= 0.6 is 0 Å². The van der Waals surface area contributed by atoms with Crippen LogP contribution in [0.5, 0.6) is 5.75 Å². The molecular weight excluding hydrogens is 416 g/mol. The van der Waals surface area contributed by atoms with Gasteiger partial charge in [-0.2, -0.15) is 0 Å². The summed E-state index contributed by atoms with van der Waals surface area (Å²) in [5, 5.41) is 2.91. The van der Waals surface area contributed by atoms with E-state index in [-0.39, 0.29) is 11.4 Å². The Balaban J connectivity index is 0.00000265. The minimum atomic E-state index is -0.471. The number of carbonyl (C=O) groups is 2. The van der Waals surface area contributed by atoms with Crippen molar-refractivity contribution in [2.45, 2.75) is 78.6 Å². The van der Waals surface area contributed by atoms with E-state index in [0.717, 1.165) is 38.6 Å². The Morgan fingerprint density at radius 1 is 1.15 bits per heavy atom. The van der Waals surface area contributed by atoms with Gasteiger partial charge in [0.05, 0.1) is 13.5 Å². The van der Waals surface area contributed by atoms with Crippen LogP contribution in [0.1, 0.15) is 84.1 Å². The highest BCUT2D eigenvalue weighted by Crippen LogP contribution is 2.39. The first-order chi connectivity index (χ1) is 15.8. The Bertz CT molecular complexity index is 714. The number of methoxy groups -OCH3 is 1. The summed E-state index contributed by atoms with van der Waals surface area (Å²) in [4.78, 5) is 26.6. The van der Waals surface area contributed by atoms with Crippen LogP contribution in [-0.4, -0.2) is 51.3 Å². The Morgan fingerprint density at radius 3 is 2.39 bits per heavy atom. The topological polar surface area (TPSA) is 67.9 Å². The summed E-state index contributed by atoms with van der Waals surface area (Å²) in [5.41, 5.74) is 0.956. The summed E-state index contributed by atoms with van der Waals surface area (Å²) >= 11 is 0. The van der Waals surface area contributed by atoms with E-state index in [0.29, 0.717) is 30.6 Å². The highest BCUT2D eigenvalue weighted by molar-refractivity contribution is 5.72. The van der Waals surface area contributed by atoms with Crippen molar-refractivity contribution in [2.75, 3.05) is 34.3 Å². The van der Waals surface area contributed by atoms with E-state index < -0.39 is 6.09 Å². The molecule has 0 aliphatic heterocycles. The van der Waals surface area contributed by atoms with Crippen molar-refractivity contribution in [3.63, 3.8) is 0 Å². The predicted molar refractivity (Wildman–Crippen MR) is 135 cm³/mol. The molecule has 0 spiro atoms. The van der Waals surface area contributed by atoms with E-state index in [9.17, 15) is 9.59 Å². The maximum atomic E-state index is 12.5. The highest BCUT2D eigenvalue weighted by Gasteiger charge is 2.35. The Labute approximate surface area is 201 Å². The number of amides is 1. The van der Waals surface area contributed by atoms with Gasteiger partial charge >= 0.3 is 12.1 Å². The molecule has 1 aromatic rings. The lowest BCUT2D eigenvalue weighted by atomic mass is 9.72. The van der Waals surface area contributed by atoms with Gasteiger partial charge in [-0.15, -0.1) is 0 Å². The maximum absolute atomic E-state index is 12.5. The Morgan fingerprint density at radius 2 is 1.82 bits per heavy atom. The summed E-state index contributed by atoms with van der Waals surface area (Å²) in [6.45, 7) is 9.89. The first-order valence-electron chi connectivity index (χ1n) is 12.6. The lowest BCUT2D eigenvalue weighted by molar-refractivity contribution is -0.144. The molecule has 0 heterocycles. The average molecular weight is 463 g/mol. The summed E-state index contributed by atoms with van der Waals surface area (Å²) < 4.78 is 10.5. The number of nitrogens with zero attached hydrogens (tertiary/aromatic N) is 1. The molecule has 1 aliphatic carbocycles. The van der Waals surface area contributed by atoms with Gasteiger partial charge in [0.25, 0.3) is 0 Å². The lowest BCUT2D eigenvalue weighted by Crippen LogP contribution is -2.41. The molecule has 1 aromatic carbocycles. The molecule has 1 aliphatic rings. The monoisotopic (exact) mass is 462 g/mol. The fourth-order valence-corrected chi connectivity index (χ4v) is 4.98. The van der Waals surface area contributed by atoms with Gasteiger partial charge in [-0.3, -0.25) is 4.79 Å². The number of rotatable bonds is 10. The fourth-order valence-electron chi connectivity index (χ4n) is 4.98. The van der Waals surface area contributed by atoms with Crippen LogP contribution in [-0.2, 0) is 9.53 Å². The number of carbonyl (C=O) groups excluding carboxylic acids is 2. The van der Waals surface area contributed by atoms with Crippen LogP contribution in [0.3, 0.4) is 0 Å². The van der Waals surface area contributed by atoms with E-state index in [1.54, 1.807) is 0 Å². The predicted octanol–water partition coefficient (Wildman–Crippen LogP) is 6.01. The standard InChI is InChI=1S/C25H40N2O4.C2H6/c1-6-22(19(2)17-27(3)4)20-11-10-12-21(15-20)31-24(29)26-18-25(16-23(28)30-5)13-8-7-9-14-25;1-2/h10-12,15,19,22H,6-9,13-14,16-18H2,1-5H3,(H,26,29);1-2H3/t19-,22-;/m0./s1. The second-order valence-corrected chi connectivity index (χ2v) is 9.38. The minimum absolute atomic E-state index is 0.220. The average Bonchev–Trinajstić information content (AvgIpc) is 2.80. The zero-order valence-corrected chi connectivity index (χ0v) is 21.9. The SMILES string of the molecule is CC.CC[C@H](c1cccc(OC(=O)NCC2(CC(=O)OC)CCCCC2)c1)[C@@H](C)CN(C)C. The third-order valence-electron chi connectivity index (χ3n) is 6.55. The second kappa shape index (κ2) is 14.9. The zero-order chi connectivity index (χ0) is 24.9. The maximum Gasteiger partial charge on any atom is 0.412 e. The van der Waals surface area contributed by atoms with Crippen LogP contribution in [0.4, 0.5) is 4.79 Å². The molecule has 1 amide bonds. The number of hydrogen-bond acceptors (Lipinski definition) is 5. The number of benzene rings is 1. The molecule has 6 nitrogen and oxygen atoms in total. The van der Waals surface area contributed by atoms with E-state index in [4.69, 9.17) is 9.47 Å². The summed E-state index contributed by atoms with van der Waals surface area (Å²) in [7, 11) is 5.59. The molecule has 0 aromatic heterocycles. The van der Waals surface area contributed by atoms with Gasteiger partial charge in [0, 0.05) is 13.1 Å². The normalized spacial score (nSPS) is 16.7. The Kier molecular flexibility index (Phi) is 13.1. The minimum Gasteiger partial charge on any atom is -0.469 e. The van der Waals surface area contributed by atoms with E-state index in [1.807, 2.05) is 32.0 Å². The second-order valence-electron chi connectivity index (χ2n) is 9.38. The van der Waals surface area contributed by atoms with Crippen molar-refractivity contribution in [1.82, 2.24) is 10.2 Å². The van der Waals surface area contributed by atoms with Gasteiger partial charge in [0.1, 0.15) is 5.75 Å². The van der Waals surface area contributed by atoms with Crippen molar-refractivity contribution in [1.29, 1.82) is 0 Å². The molecule has 1 fully saturated rings. The van der Waals surface area contributed by atoms with Crippen molar-refractivity contribution in [3.05, 3.63) is 29.8 Å². The van der Waals surface area contributed by atoms with Gasteiger partial charge in [-0.05, 0) is 68.3 Å². The molecule has 0 bridgehead atoms. The van der Waals surface area contributed by atoms with Gasteiger partial charge in [0.2, 0.25) is 0 Å². The molecule has 1 saturated carbocycles. The smallest absolute Gasteiger partial charge is 0.412 e. The molecule has 2 rings (SSSR count). The van der Waals surface area contributed by atoms with Crippen LogP contribution in [0, 0.1) is 11.3 Å². The molecular formula is C27H46N2O4. The Hall–Kier alpha value is -2.08. The molecule has 2 atom stereocenters. The molecule has 0 radical (unpaired) electrons. The molecule has 1 N–H and O–H groups in total. The number of esters is 1. The largest absolute Gasteiger partial charge is 0.469 e. The number of ether oxygens (including phenoxy) is 2. The van der Waals surface area contributed by atoms with E-state index in [2.05, 4.69) is 44.2 Å². The first-order valence-corrected chi connectivity index (χ1v) is 12.6.